The zero-order valence-electron chi connectivity index (χ0n) is 14.7. The van der Waals surface area contributed by atoms with E-state index in [1.165, 1.54) is 6.07 Å². The van der Waals surface area contributed by atoms with Crippen molar-refractivity contribution in [1.82, 2.24) is 14.9 Å². The van der Waals surface area contributed by atoms with Gasteiger partial charge in [-0.3, -0.25) is 9.59 Å². The molecule has 3 aromatic rings. The number of nitrogens with one attached hydrogen (secondary N) is 1. The maximum absolute atomic E-state index is 13.8. The number of rotatable bonds is 5. The van der Waals surface area contributed by atoms with Crippen LogP contribution >= 0.6 is 0 Å². The fourth-order valence-corrected chi connectivity index (χ4v) is 2.84. The van der Waals surface area contributed by atoms with Crippen LogP contribution in [0.15, 0.2) is 53.3 Å². The van der Waals surface area contributed by atoms with Crippen molar-refractivity contribution >= 4 is 16.8 Å². The summed E-state index contributed by atoms with van der Waals surface area (Å²) in [4.78, 5) is 33.7. The number of benzene rings is 2. The van der Waals surface area contributed by atoms with E-state index in [1.807, 2.05) is 19.9 Å². The second kappa shape index (κ2) is 7.47. The molecule has 0 aliphatic rings. The summed E-state index contributed by atoms with van der Waals surface area (Å²) >= 11 is 0. The largest absolute Gasteiger partial charge is 0.333 e. The lowest BCUT2D eigenvalue weighted by molar-refractivity contribution is -0.133. The first-order valence-electron chi connectivity index (χ1n) is 8.46. The standard InChI is InChI=1S/C20H20FN3O2/c1-13(2)24(19(25)11-14-7-3-5-9-16(14)21)12-18-22-17-10-6-4-8-15(17)20(26)23-18/h3-10,13H,11-12H2,1-2H3,(H,22,23,26). The van der Waals surface area contributed by atoms with Gasteiger partial charge >= 0.3 is 0 Å². The van der Waals surface area contributed by atoms with Gasteiger partial charge in [0.25, 0.3) is 5.56 Å². The molecule has 26 heavy (non-hydrogen) atoms. The van der Waals surface area contributed by atoms with Crippen molar-refractivity contribution < 1.29 is 9.18 Å². The van der Waals surface area contributed by atoms with Gasteiger partial charge in [0.15, 0.2) is 0 Å². The molecule has 1 heterocycles. The lowest BCUT2D eigenvalue weighted by Crippen LogP contribution is -2.38. The van der Waals surface area contributed by atoms with E-state index in [2.05, 4.69) is 9.97 Å². The minimum atomic E-state index is -0.401. The van der Waals surface area contributed by atoms with Gasteiger partial charge in [-0.2, -0.15) is 0 Å². The molecular formula is C20H20FN3O2. The van der Waals surface area contributed by atoms with Gasteiger partial charge in [-0.05, 0) is 37.6 Å². The first-order valence-corrected chi connectivity index (χ1v) is 8.46. The van der Waals surface area contributed by atoms with Crippen LogP contribution in [0.2, 0.25) is 0 Å². The predicted molar refractivity (Wildman–Crippen MR) is 98.2 cm³/mol. The highest BCUT2D eigenvalue weighted by molar-refractivity contribution is 5.79. The van der Waals surface area contributed by atoms with Crippen LogP contribution in [0.25, 0.3) is 10.9 Å². The number of nitrogens with zero attached hydrogens (tertiary/aromatic N) is 2. The summed E-state index contributed by atoms with van der Waals surface area (Å²) in [5.74, 6) is -0.216. The first-order chi connectivity index (χ1) is 12.5. The summed E-state index contributed by atoms with van der Waals surface area (Å²) in [6.07, 6.45) is -0.0390. The summed E-state index contributed by atoms with van der Waals surface area (Å²) in [5.41, 5.74) is 0.690. The highest BCUT2D eigenvalue weighted by Gasteiger charge is 2.20. The Kier molecular flexibility index (Phi) is 5.11. The van der Waals surface area contributed by atoms with E-state index in [1.54, 1.807) is 41.3 Å². The summed E-state index contributed by atoms with van der Waals surface area (Å²) in [6.45, 7) is 3.90. The van der Waals surface area contributed by atoms with Gasteiger partial charge in [0.2, 0.25) is 5.91 Å². The Morgan fingerprint density at radius 2 is 1.85 bits per heavy atom. The molecule has 1 amide bonds. The number of H-pyrrole nitrogens is 1. The second-order valence-corrected chi connectivity index (χ2v) is 6.41. The van der Waals surface area contributed by atoms with E-state index in [-0.39, 0.29) is 30.5 Å². The molecule has 0 aliphatic carbocycles. The van der Waals surface area contributed by atoms with E-state index >= 15 is 0 Å². The van der Waals surface area contributed by atoms with Crippen LogP contribution in [0.5, 0.6) is 0 Å². The van der Waals surface area contributed by atoms with Gasteiger partial charge in [-0.1, -0.05) is 30.3 Å². The van der Waals surface area contributed by atoms with E-state index in [9.17, 15) is 14.0 Å². The average Bonchev–Trinajstić information content (AvgIpc) is 2.61. The molecule has 134 valence electrons. The molecule has 1 N–H and O–H groups in total. The zero-order valence-corrected chi connectivity index (χ0v) is 14.7. The highest BCUT2D eigenvalue weighted by Crippen LogP contribution is 2.13. The molecule has 0 bridgehead atoms. The first kappa shape index (κ1) is 17.8. The predicted octanol–water partition coefficient (Wildman–Crippen LogP) is 3.04. The molecular weight excluding hydrogens is 333 g/mol. The van der Waals surface area contributed by atoms with Crippen LogP contribution in [0.1, 0.15) is 25.2 Å². The third kappa shape index (κ3) is 3.79. The van der Waals surface area contributed by atoms with Crippen LogP contribution in [-0.4, -0.2) is 26.8 Å². The Hall–Kier alpha value is -3.02. The Morgan fingerprint density at radius 1 is 1.15 bits per heavy atom. The number of aromatic amines is 1. The smallest absolute Gasteiger partial charge is 0.258 e. The molecule has 0 aliphatic heterocycles. The number of hydrogen-bond acceptors (Lipinski definition) is 3. The van der Waals surface area contributed by atoms with E-state index in [0.717, 1.165) is 0 Å². The number of para-hydroxylation sites is 1. The Balaban J connectivity index is 1.86. The Bertz CT molecular complexity index is 998. The minimum absolute atomic E-state index is 0.0390. The van der Waals surface area contributed by atoms with Gasteiger partial charge in [-0.25, -0.2) is 9.37 Å². The molecule has 0 saturated heterocycles. The van der Waals surface area contributed by atoms with Crippen molar-refractivity contribution in [3.05, 3.63) is 76.1 Å². The number of amides is 1. The Morgan fingerprint density at radius 3 is 2.58 bits per heavy atom. The van der Waals surface area contributed by atoms with E-state index < -0.39 is 5.82 Å². The van der Waals surface area contributed by atoms with Crippen molar-refractivity contribution in [2.75, 3.05) is 0 Å². The second-order valence-electron chi connectivity index (χ2n) is 6.41. The monoisotopic (exact) mass is 353 g/mol. The number of carbonyl (C=O) groups is 1. The lowest BCUT2D eigenvalue weighted by atomic mass is 10.1. The molecule has 3 rings (SSSR count). The normalized spacial score (nSPS) is 11.1. The van der Waals surface area contributed by atoms with Crippen LogP contribution in [-0.2, 0) is 17.8 Å². The average molecular weight is 353 g/mol. The molecule has 5 nitrogen and oxygen atoms in total. The van der Waals surface area contributed by atoms with Gasteiger partial charge in [0.05, 0.1) is 23.9 Å². The third-order valence-corrected chi connectivity index (χ3v) is 4.23. The van der Waals surface area contributed by atoms with Crippen molar-refractivity contribution in [3.8, 4) is 0 Å². The summed E-state index contributed by atoms with van der Waals surface area (Å²) in [5, 5.41) is 0.505. The highest BCUT2D eigenvalue weighted by atomic mass is 19.1. The van der Waals surface area contributed by atoms with Crippen LogP contribution < -0.4 is 5.56 Å². The molecule has 2 aromatic carbocycles. The number of aromatic nitrogens is 2. The van der Waals surface area contributed by atoms with Gasteiger partial charge in [0, 0.05) is 6.04 Å². The number of fused-ring (bicyclic) bond motifs is 1. The van der Waals surface area contributed by atoms with Gasteiger partial charge < -0.3 is 9.88 Å². The number of carbonyl (C=O) groups excluding carboxylic acids is 1. The molecule has 0 fully saturated rings. The SMILES string of the molecule is CC(C)N(Cc1nc2ccccc2c(=O)[nH]1)C(=O)Cc1ccccc1F. The lowest BCUT2D eigenvalue weighted by Gasteiger charge is -2.26. The van der Waals surface area contributed by atoms with Crippen molar-refractivity contribution in [2.24, 2.45) is 0 Å². The maximum Gasteiger partial charge on any atom is 0.258 e. The summed E-state index contributed by atoms with van der Waals surface area (Å²) in [6, 6.07) is 13.2. The van der Waals surface area contributed by atoms with Gasteiger partial charge in [-0.15, -0.1) is 0 Å². The van der Waals surface area contributed by atoms with Gasteiger partial charge in [0.1, 0.15) is 11.6 Å². The van der Waals surface area contributed by atoms with Crippen molar-refractivity contribution in [2.45, 2.75) is 32.9 Å². The molecule has 0 saturated carbocycles. The number of halogens is 1. The van der Waals surface area contributed by atoms with Crippen molar-refractivity contribution in [3.63, 3.8) is 0 Å². The quantitative estimate of drug-likeness (QED) is 0.767. The van der Waals surface area contributed by atoms with Crippen molar-refractivity contribution in [1.29, 1.82) is 0 Å². The molecule has 1 aromatic heterocycles. The summed E-state index contributed by atoms with van der Waals surface area (Å²) in [7, 11) is 0. The van der Waals surface area contributed by atoms with Crippen LogP contribution in [0.4, 0.5) is 4.39 Å². The molecule has 0 unspecified atom stereocenters. The molecule has 6 heteroatoms. The zero-order chi connectivity index (χ0) is 18.7. The molecule has 0 atom stereocenters. The van der Waals surface area contributed by atoms with Crippen LogP contribution in [0.3, 0.4) is 0 Å². The van der Waals surface area contributed by atoms with E-state index in [0.29, 0.717) is 22.3 Å². The van der Waals surface area contributed by atoms with Crippen LogP contribution in [0, 0.1) is 5.82 Å². The maximum atomic E-state index is 13.8. The van der Waals surface area contributed by atoms with E-state index in [4.69, 9.17) is 0 Å². The fraction of sp³-hybridized carbons (Fsp3) is 0.250. The Labute approximate surface area is 150 Å². The fourth-order valence-electron chi connectivity index (χ4n) is 2.84. The minimum Gasteiger partial charge on any atom is -0.333 e. The number of hydrogen-bond donors (Lipinski definition) is 1. The topological polar surface area (TPSA) is 66.1 Å². The summed E-state index contributed by atoms with van der Waals surface area (Å²) < 4.78 is 13.8. The molecule has 0 radical (unpaired) electrons. The molecule has 0 spiro atoms. The third-order valence-electron chi connectivity index (χ3n) is 4.23.